The smallest absolute Gasteiger partial charge is 0.263 e. The highest BCUT2D eigenvalue weighted by Gasteiger charge is 2.18. The topological polar surface area (TPSA) is 72.2 Å². The third-order valence-electron chi connectivity index (χ3n) is 2.86. The van der Waals surface area contributed by atoms with Gasteiger partial charge in [-0.2, -0.15) is 0 Å². The molecule has 0 aromatic heterocycles. The third-order valence-corrected chi connectivity index (χ3v) is 5.98. The lowest BCUT2D eigenvalue weighted by Gasteiger charge is -2.11. The molecular formula is C14H15BrN2O2S2. The van der Waals surface area contributed by atoms with Crippen LogP contribution in [0.1, 0.15) is 5.56 Å². The maximum absolute atomic E-state index is 12.5. The Bertz CT molecular complexity index is 731. The molecule has 0 bridgehead atoms. The highest BCUT2D eigenvalue weighted by Crippen LogP contribution is 2.26. The first-order valence-electron chi connectivity index (χ1n) is 6.11. The van der Waals surface area contributed by atoms with Gasteiger partial charge in [0.05, 0.1) is 0 Å². The highest BCUT2D eigenvalue weighted by molar-refractivity contribution is 9.10. The van der Waals surface area contributed by atoms with E-state index in [1.54, 1.807) is 42.1 Å². The average molecular weight is 387 g/mol. The minimum absolute atomic E-state index is 0.180. The van der Waals surface area contributed by atoms with Gasteiger partial charge >= 0.3 is 0 Å². The maximum atomic E-state index is 12.5. The lowest BCUT2D eigenvalue weighted by molar-refractivity contribution is 0.600. The number of hydrogen-bond donors (Lipinski definition) is 2. The highest BCUT2D eigenvalue weighted by atomic mass is 79.9. The monoisotopic (exact) mass is 386 g/mol. The van der Waals surface area contributed by atoms with Gasteiger partial charge in [-0.1, -0.05) is 6.07 Å². The Labute approximate surface area is 137 Å². The predicted octanol–water partition coefficient (Wildman–Crippen LogP) is 3.43. The van der Waals surface area contributed by atoms with Crippen LogP contribution in [0.5, 0.6) is 0 Å². The number of sulfonamides is 1. The summed E-state index contributed by atoms with van der Waals surface area (Å²) in [7, 11) is -3.66. The first-order valence-corrected chi connectivity index (χ1v) is 9.62. The molecule has 4 nitrogen and oxygen atoms in total. The molecule has 3 N–H and O–H groups in total. The molecule has 21 heavy (non-hydrogen) atoms. The van der Waals surface area contributed by atoms with Gasteiger partial charge in [0.2, 0.25) is 0 Å². The number of nitrogens with one attached hydrogen (secondary N) is 1. The van der Waals surface area contributed by atoms with Crippen molar-refractivity contribution in [2.75, 3.05) is 11.0 Å². The number of rotatable bonds is 5. The van der Waals surface area contributed by atoms with Crippen molar-refractivity contribution in [3.8, 4) is 0 Å². The second kappa shape index (κ2) is 6.83. The number of anilines is 1. The molecule has 0 saturated heterocycles. The molecule has 0 spiro atoms. The van der Waals surface area contributed by atoms with Crippen molar-refractivity contribution in [2.24, 2.45) is 5.73 Å². The molecule has 0 aliphatic heterocycles. The molecule has 0 atom stereocenters. The standard InChI is InChI=1S/C14H15BrN2O2S2/c1-20-12-5-3-11(4-6-12)17-21(18,19)14-8-10(9-16)2-7-13(14)15/h2-8,17H,9,16H2,1H3. The Morgan fingerprint density at radius 1 is 1.19 bits per heavy atom. The van der Waals surface area contributed by atoms with E-state index >= 15 is 0 Å². The van der Waals surface area contributed by atoms with Gasteiger partial charge < -0.3 is 5.73 Å². The first kappa shape index (κ1) is 16.4. The number of halogens is 1. The Hall–Kier alpha value is -1.02. The molecule has 0 saturated carbocycles. The summed E-state index contributed by atoms with van der Waals surface area (Å²) in [6.45, 7) is 0.290. The van der Waals surface area contributed by atoms with Gasteiger partial charge in [0.1, 0.15) is 4.90 Å². The molecule has 0 aliphatic carbocycles. The molecule has 2 aromatic carbocycles. The van der Waals surface area contributed by atoms with Crippen LogP contribution < -0.4 is 10.5 Å². The summed E-state index contributed by atoms with van der Waals surface area (Å²) in [6, 6.07) is 12.3. The van der Waals surface area contributed by atoms with Gasteiger partial charge in [-0.25, -0.2) is 8.42 Å². The van der Waals surface area contributed by atoms with Crippen molar-refractivity contribution in [1.29, 1.82) is 0 Å². The zero-order valence-electron chi connectivity index (χ0n) is 11.3. The first-order chi connectivity index (χ1) is 9.96. The van der Waals surface area contributed by atoms with Crippen molar-refractivity contribution in [3.63, 3.8) is 0 Å². The fourth-order valence-corrected chi connectivity index (χ4v) is 4.23. The lowest BCUT2D eigenvalue weighted by atomic mass is 10.2. The molecule has 0 fully saturated rings. The number of nitrogens with two attached hydrogens (primary N) is 1. The van der Waals surface area contributed by atoms with Crippen LogP contribution in [-0.2, 0) is 16.6 Å². The zero-order valence-corrected chi connectivity index (χ0v) is 14.6. The summed E-state index contributed by atoms with van der Waals surface area (Å²) in [5.74, 6) is 0. The number of thioether (sulfide) groups is 1. The quantitative estimate of drug-likeness (QED) is 0.771. The van der Waals surface area contributed by atoms with Crippen LogP contribution in [0, 0.1) is 0 Å². The lowest BCUT2D eigenvalue weighted by Crippen LogP contribution is -2.14. The number of benzene rings is 2. The largest absolute Gasteiger partial charge is 0.326 e. The van der Waals surface area contributed by atoms with Crippen LogP contribution in [0.2, 0.25) is 0 Å². The van der Waals surface area contributed by atoms with Crippen LogP contribution >= 0.6 is 27.7 Å². The fourth-order valence-electron chi connectivity index (χ4n) is 1.75. The van der Waals surface area contributed by atoms with Crippen molar-refractivity contribution in [1.82, 2.24) is 0 Å². The normalized spacial score (nSPS) is 11.4. The van der Waals surface area contributed by atoms with E-state index in [0.29, 0.717) is 10.2 Å². The zero-order chi connectivity index (χ0) is 15.5. The summed E-state index contributed by atoms with van der Waals surface area (Å²) in [6.07, 6.45) is 1.97. The predicted molar refractivity (Wildman–Crippen MR) is 91.1 cm³/mol. The molecular weight excluding hydrogens is 372 g/mol. The van der Waals surface area contributed by atoms with Crippen molar-refractivity contribution in [2.45, 2.75) is 16.3 Å². The Morgan fingerprint density at radius 3 is 2.43 bits per heavy atom. The van der Waals surface area contributed by atoms with Crippen LogP contribution in [0.15, 0.2) is 56.7 Å². The Balaban J connectivity index is 2.33. The van der Waals surface area contributed by atoms with E-state index in [0.717, 1.165) is 10.5 Å². The minimum Gasteiger partial charge on any atom is -0.326 e. The Kier molecular flexibility index (Phi) is 5.32. The van der Waals surface area contributed by atoms with E-state index in [2.05, 4.69) is 20.7 Å². The van der Waals surface area contributed by atoms with Crippen molar-refractivity contribution in [3.05, 3.63) is 52.5 Å². The van der Waals surface area contributed by atoms with Gasteiger partial charge in [-0.15, -0.1) is 11.8 Å². The molecule has 2 aromatic rings. The van der Waals surface area contributed by atoms with Gasteiger partial charge in [0.15, 0.2) is 0 Å². The van der Waals surface area contributed by atoms with Crippen molar-refractivity contribution >= 4 is 43.4 Å². The molecule has 7 heteroatoms. The molecule has 112 valence electrons. The van der Waals surface area contributed by atoms with Crippen LogP contribution in [0.4, 0.5) is 5.69 Å². The van der Waals surface area contributed by atoms with E-state index in [-0.39, 0.29) is 11.4 Å². The van der Waals surface area contributed by atoms with Crippen molar-refractivity contribution < 1.29 is 8.42 Å². The summed E-state index contributed by atoms with van der Waals surface area (Å²) < 4.78 is 28.0. The van der Waals surface area contributed by atoms with Crippen LogP contribution in [0.25, 0.3) is 0 Å². The average Bonchev–Trinajstić information content (AvgIpc) is 2.48. The molecule has 0 amide bonds. The number of hydrogen-bond acceptors (Lipinski definition) is 4. The molecule has 0 heterocycles. The Morgan fingerprint density at radius 2 is 1.86 bits per heavy atom. The fraction of sp³-hybridized carbons (Fsp3) is 0.143. The van der Waals surface area contributed by atoms with Gasteiger partial charge in [-0.05, 0) is 64.1 Å². The van der Waals surface area contributed by atoms with E-state index < -0.39 is 10.0 Å². The van der Waals surface area contributed by atoms with Gasteiger partial charge in [0, 0.05) is 21.6 Å². The summed E-state index contributed by atoms with van der Waals surface area (Å²) in [4.78, 5) is 1.25. The SMILES string of the molecule is CSc1ccc(NS(=O)(=O)c2cc(CN)ccc2Br)cc1. The van der Waals surface area contributed by atoms with E-state index in [4.69, 9.17) is 5.73 Å². The second-order valence-corrected chi connectivity index (χ2v) is 7.69. The molecule has 0 unspecified atom stereocenters. The van der Waals surface area contributed by atoms with Gasteiger partial charge in [-0.3, -0.25) is 4.72 Å². The van der Waals surface area contributed by atoms with Crippen LogP contribution in [0.3, 0.4) is 0 Å². The minimum atomic E-state index is -3.66. The maximum Gasteiger partial charge on any atom is 0.263 e. The van der Waals surface area contributed by atoms with E-state index in [1.807, 2.05) is 18.4 Å². The van der Waals surface area contributed by atoms with Gasteiger partial charge in [0.25, 0.3) is 10.0 Å². The summed E-state index contributed by atoms with van der Waals surface area (Å²) in [5.41, 5.74) is 6.85. The molecule has 0 radical (unpaired) electrons. The molecule has 0 aliphatic rings. The summed E-state index contributed by atoms with van der Waals surface area (Å²) >= 11 is 4.87. The van der Waals surface area contributed by atoms with E-state index in [1.165, 1.54) is 0 Å². The van der Waals surface area contributed by atoms with E-state index in [9.17, 15) is 8.42 Å². The van der Waals surface area contributed by atoms with Crippen LogP contribution in [-0.4, -0.2) is 14.7 Å². The summed E-state index contributed by atoms with van der Waals surface area (Å²) in [5, 5.41) is 0. The molecule has 2 rings (SSSR count). The third kappa shape index (κ3) is 4.00. The second-order valence-electron chi connectivity index (χ2n) is 4.30.